The van der Waals surface area contributed by atoms with Gasteiger partial charge in [-0.05, 0) is 116 Å². The fourth-order valence-corrected chi connectivity index (χ4v) is 9.36. The van der Waals surface area contributed by atoms with Crippen LogP contribution in [-0.4, -0.2) is 37.2 Å². The van der Waals surface area contributed by atoms with Gasteiger partial charge in [0, 0.05) is 19.3 Å². The normalized spacial score (nSPS) is 13.0. The molecule has 6 nitrogen and oxygen atoms in total. The molecular weight excluding hydrogens is 1010 g/mol. The topological polar surface area (TPSA) is 78.9 Å². The molecule has 0 aromatic carbocycles. The van der Waals surface area contributed by atoms with E-state index in [0.717, 1.165) is 128 Å². The van der Waals surface area contributed by atoms with Crippen LogP contribution in [-0.2, 0) is 28.6 Å². The van der Waals surface area contributed by atoms with Gasteiger partial charge in [-0.25, -0.2) is 0 Å². The van der Waals surface area contributed by atoms with E-state index < -0.39 is 6.10 Å². The predicted molar refractivity (Wildman–Crippen MR) is 357 cm³/mol. The van der Waals surface area contributed by atoms with Gasteiger partial charge in [-0.3, -0.25) is 14.4 Å². The molecule has 0 spiro atoms. The molecule has 1 atom stereocenters. The molecule has 0 N–H and O–H groups in total. The van der Waals surface area contributed by atoms with Gasteiger partial charge in [0.1, 0.15) is 13.2 Å². The highest BCUT2D eigenvalue weighted by molar-refractivity contribution is 5.71. The van der Waals surface area contributed by atoms with Crippen LogP contribution < -0.4 is 0 Å². The number of carbonyl (C=O) groups is 3. The van der Waals surface area contributed by atoms with Gasteiger partial charge >= 0.3 is 17.9 Å². The Bertz CT molecular complexity index is 1730. The van der Waals surface area contributed by atoms with Crippen molar-refractivity contribution in [2.45, 2.75) is 316 Å². The molecule has 0 amide bonds. The molecule has 0 heterocycles. The third-order valence-corrected chi connectivity index (χ3v) is 14.4. The smallest absolute Gasteiger partial charge is 0.306 e. The third kappa shape index (κ3) is 66.4. The number of ether oxygens (including phenoxy) is 3. The molecule has 0 saturated heterocycles. The number of allylic oxidation sites excluding steroid dienone is 22. The molecular formula is C76H126O6. The van der Waals surface area contributed by atoms with E-state index in [-0.39, 0.29) is 31.1 Å². The van der Waals surface area contributed by atoms with Crippen LogP contribution in [0.4, 0.5) is 0 Å². The zero-order valence-electron chi connectivity index (χ0n) is 53.5. The van der Waals surface area contributed by atoms with Crippen molar-refractivity contribution in [1.29, 1.82) is 0 Å². The van der Waals surface area contributed by atoms with Crippen LogP contribution >= 0.6 is 0 Å². The first kappa shape index (κ1) is 77.5. The second kappa shape index (κ2) is 69.0. The van der Waals surface area contributed by atoms with Crippen molar-refractivity contribution < 1.29 is 28.6 Å². The zero-order valence-corrected chi connectivity index (χ0v) is 53.5. The largest absolute Gasteiger partial charge is 0.462 e. The van der Waals surface area contributed by atoms with Gasteiger partial charge in [0.15, 0.2) is 6.10 Å². The van der Waals surface area contributed by atoms with E-state index in [9.17, 15) is 14.4 Å². The van der Waals surface area contributed by atoms with Crippen molar-refractivity contribution in [1.82, 2.24) is 0 Å². The summed E-state index contributed by atoms with van der Waals surface area (Å²) in [5, 5.41) is 0. The van der Waals surface area contributed by atoms with Gasteiger partial charge in [0.05, 0.1) is 0 Å². The van der Waals surface area contributed by atoms with Crippen LogP contribution in [0.2, 0.25) is 0 Å². The Kier molecular flexibility index (Phi) is 65.3. The lowest BCUT2D eigenvalue weighted by Crippen LogP contribution is -2.30. The average Bonchev–Trinajstić information content (AvgIpc) is 3.47. The number of esters is 3. The Morgan fingerprint density at radius 3 is 0.768 bits per heavy atom. The Morgan fingerprint density at radius 1 is 0.256 bits per heavy atom. The molecule has 0 bridgehead atoms. The molecule has 0 aliphatic heterocycles. The van der Waals surface area contributed by atoms with Crippen molar-refractivity contribution in [3.63, 3.8) is 0 Å². The molecule has 0 aromatic heterocycles. The van der Waals surface area contributed by atoms with Gasteiger partial charge in [0.25, 0.3) is 0 Å². The highest BCUT2D eigenvalue weighted by Crippen LogP contribution is 2.17. The Hall–Kier alpha value is -4.45. The molecule has 0 fully saturated rings. The zero-order chi connectivity index (χ0) is 59.2. The monoisotopic (exact) mass is 1130 g/mol. The lowest BCUT2D eigenvalue weighted by atomic mass is 10.0. The van der Waals surface area contributed by atoms with Crippen LogP contribution in [0.15, 0.2) is 134 Å². The standard InChI is InChI=1S/C76H126O6/c1-4-7-10-13-16-19-22-25-28-30-32-34-36-38-40-41-43-45-48-51-54-57-60-63-66-69-75(78)81-72-73(71-80-74(77)68-65-62-59-56-53-50-47-27-24-21-18-15-12-9-6-3)82-76(79)70-67-64-61-58-55-52-49-46-44-42-39-37-35-33-31-29-26-23-20-17-14-11-8-5-2/h7,9-10,12,16,18-19,21,25,27-28,32,34,38,40,43,45,47,51,53-54,56,73H,4-6,8,11,13-15,17,20,22-24,26,29-31,33,35-37,39,41-42,44,46,48-50,52,55,57-72H2,1-3H3/b10-7-,12-9-,19-16-,21-18-,28-25-,34-32-,40-38-,45-43-,47-27-,54-51-,56-53-. The van der Waals surface area contributed by atoms with E-state index in [0.29, 0.717) is 25.7 Å². The predicted octanol–water partition coefficient (Wildman–Crippen LogP) is 23.7. The van der Waals surface area contributed by atoms with E-state index in [1.54, 1.807) is 0 Å². The molecule has 0 rings (SSSR count). The lowest BCUT2D eigenvalue weighted by Gasteiger charge is -2.18. The maximum absolute atomic E-state index is 13.0. The van der Waals surface area contributed by atoms with Gasteiger partial charge in [-0.2, -0.15) is 0 Å². The second-order valence-electron chi connectivity index (χ2n) is 22.3. The van der Waals surface area contributed by atoms with Crippen molar-refractivity contribution >= 4 is 17.9 Å². The molecule has 466 valence electrons. The SMILES string of the molecule is CC/C=C\C/C=C\C/C=C\C/C=C\C/C=C\C/C=C\C/C=C\CCCCCC(=O)OCC(COC(=O)CCCC/C=C\C/C=C\C/C=C\C/C=C\CC)OC(=O)CCCCCCCCCCCCCCCCCCCCCCCCCC. The first-order chi connectivity index (χ1) is 40.5. The van der Waals surface area contributed by atoms with Crippen molar-refractivity contribution in [2.75, 3.05) is 13.2 Å². The summed E-state index contributed by atoms with van der Waals surface area (Å²) in [5.74, 6) is -0.974. The minimum absolute atomic E-state index is 0.111. The highest BCUT2D eigenvalue weighted by atomic mass is 16.6. The molecule has 0 radical (unpaired) electrons. The summed E-state index contributed by atoms with van der Waals surface area (Å²) in [6.45, 7) is 6.38. The highest BCUT2D eigenvalue weighted by Gasteiger charge is 2.19. The molecule has 1 unspecified atom stereocenters. The number of hydrogen-bond acceptors (Lipinski definition) is 6. The Morgan fingerprint density at radius 2 is 0.476 bits per heavy atom. The van der Waals surface area contributed by atoms with E-state index in [1.165, 1.54) is 135 Å². The average molecular weight is 1140 g/mol. The summed E-state index contributed by atoms with van der Waals surface area (Å²) in [7, 11) is 0. The summed E-state index contributed by atoms with van der Waals surface area (Å²) in [4.78, 5) is 38.4. The molecule has 6 heteroatoms. The summed E-state index contributed by atoms with van der Waals surface area (Å²) in [6, 6.07) is 0. The fourth-order valence-electron chi connectivity index (χ4n) is 9.36. The number of carbonyl (C=O) groups excluding carboxylic acids is 3. The summed E-state index contributed by atoms with van der Waals surface area (Å²) >= 11 is 0. The van der Waals surface area contributed by atoms with Crippen LogP contribution in [0.25, 0.3) is 0 Å². The molecule has 0 aromatic rings. The van der Waals surface area contributed by atoms with Crippen molar-refractivity contribution in [3.8, 4) is 0 Å². The fraction of sp³-hybridized carbons (Fsp3) is 0.671. The van der Waals surface area contributed by atoms with Gasteiger partial charge in [-0.1, -0.05) is 309 Å². The second-order valence-corrected chi connectivity index (χ2v) is 22.3. The number of rotatable bonds is 61. The van der Waals surface area contributed by atoms with Gasteiger partial charge in [0.2, 0.25) is 0 Å². The Balaban J connectivity index is 4.44. The van der Waals surface area contributed by atoms with Gasteiger partial charge < -0.3 is 14.2 Å². The molecule has 82 heavy (non-hydrogen) atoms. The van der Waals surface area contributed by atoms with Crippen LogP contribution in [0.3, 0.4) is 0 Å². The van der Waals surface area contributed by atoms with Crippen LogP contribution in [0.5, 0.6) is 0 Å². The van der Waals surface area contributed by atoms with E-state index in [2.05, 4.69) is 154 Å². The summed E-state index contributed by atoms with van der Waals surface area (Å²) < 4.78 is 16.9. The van der Waals surface area contributed by atoms with Crippen LogP contribution in [0.1, 0.15) is 310 Å². The van der Waals surface area contributed by atoms with Gasteiger partial charge in [-0.15, -0.1) is 0 Å². The quantitative estimate of drug-likeness (QED) is 0.0261. The maximum Gasteiger partial charge on any atom is 0.306 e. The summed E-state index contributed by atoms with van der Waals surface area (Å²) in [5.41, 5.74) is 0. The Labute approximate surface area is 506 Å². The van der Waals surface area contributed by atoms with Crippen molar-refractivity contribution in [2.24, 2.45) is 0 Å². The van der Waals surface area contributed by atoms with E-state index >= 15 is 0 Å². The van der Waals surface area contributed by atoms with Crippen molar-refractivity contribution in [3.05, 3.63) is 134 Å². The molecule has 0 saturated carbocycles. The molecule has 0 aliphatic carbocycles. The van der Waals surface area contributed by atoms with E-state index in [1.807, 2.05) is 0 Å². The first-order valence-corrected chi connectivity index (χ1v) is 34.2. The van der Waals surface area contributed by atoms with Crippen LogP contribution in [0, 0.1) is 0 Å². The number of unbranched alkanes of at least 4 members (excludes halogenated alkanes) is 28. The first-order valence-electron chi connectivity index (χ1n) is 34.2. The lowest BCUT2D eigenvalue weighted by molar-refractivity contribution is -0.167. The minimum Gasteiger partial charge on any atom is -0.462 e. The third-order valence-electron chi connectivity index (χ3n) is 14.4. The van der Waals surface area contributed by atoms with E-state index in [4.69, 9.17) is 14.2 Å². The minimum atomic E-state index is -0.814. The maximum atomic E-state index is 13.0. The number of hydrogen-bond donors (Lipinski definition) is 0. The summed E-state index contributed by atoms with van der Waals surface area (Å²) in [6.07, 6.45) is 97.6. The molecule has 0 aliphatic rings.